The SMILES string of the molecule is O=C(NC[C@H](O)C(=O)O)c1ccc2c(c1)CCCN2. The molecule has 1 atom stereocenters. The van der Waals surface area contributed by atoms with Crippen molar-refractivity contribution in [3.8, 4) is 0 Å². The van der Waals surface area contributed by atoms with Crippen molar-refractivity contribution in [3.63, 3.8) is 0 Å². The number of rotatable bonds is 4. The van der Waals surface area contributed by atoms with Crippen LogP contribution < -0.4 is 10.6 Å². The number of carboxylic acid groups (broad SMARTS) is 1. The molecule has 1 heterocycles. The van der Waals surface area contributed by atoms with E-state index in [0.717, 1.165) is 30.6 Å². The van der Waals surface area contributed by atoms with Crippen molar-refractivity contribution >= 4 is 17.6 Å². The quantitative estimate of drug-likeness (QED) is 0.623. The zero-order valence-corrected chi connectivity index (χ0v) is 10.3. The van der Waals surface area contributed by atoms with E-state index in [1.165, 1.54) is 0 Å². The maximum Gasteiger partial charge on any atom is 0.334 e. The lowest BCUT2D eigenvalue weighted by Gasteiger charge is -2.18. The molecular formula is C13H16N2O4. The fraction of sp³-hybridized carbons (Fsp3) is 0.385. The lowest BCUT2D eigenvalue weighted by molar-refractivity contribution is -0.146. The van der Waals surface area contributed by atoms with E-state index in [4.69, 9.17) is 10.2 Å². The molecule has 0 unspecified atom stereocenters. The van der Waals surface area contributed by atoms with Crippen LogP contribution in [0.1, 0.15) is 22.3 Å². The minimum Gasteiger partial charge on any atom is -0.479 e. The molecule has 4 N–H and O–H groups in total. The summed E-state index contributed by atoms with van der Waals surface area (Å²) >= 11 is 0. The molecule has 0 bridgehead atoms. The Labute approximate surface area is 110 Å². The van der Waals surface area contributed by atoms with Crippen LogP contribution >= 0.6 is 0 Å². The van der Waals surface area contributed by atoms with Crippen LogP contribution in [0, 0.1) is 0 Å². The highest BCUT2D eigenvalue weighted by Gasteiger charge is 2.16. The van der Waals surface area contributed by atoms with E-state index in [9.17, 15) is 9.59 Å². The van der Waals surface area contributed by atoms with E-state index in [1.807, 2.05) is 6.07 Å². The highest BCUT2D eigenvalue weighted by molar-refractivity contribution is 5.95. The van der Waals surface area contributed by atoms with Gasteiger partial charge in [-0.2, -0.15) is 0 Å². The number of hydrogen-bond donors (Lipinski definition) is 4. The summed E-state index contributed by atoms with van der Waals surface area (Å²) in [5.41, 5.74) is 2.59. The van der Waals surface area contributed by atoms with E-state index in [-0.39, 0.29) is 12.5 Å². The molecule has 102 valence electrons. The molecule has 19 heavy (non-hydrogen) atoms. The number of carboxylic acids is 1. The van der Waals surface area contributed by atoms with Gasteiger partial charge in [0.15, 0.2) is 6.10 Å². The van der Waals surface area contributed by atoms with E-state index >= 15 is 0 Å². The summed E-state index contributed by atoms with van der Waals surface area (Å²) < 4.78 is 0. The van der Waals surface area contributed by atoms with Gasteiger partial charge in [0, 0.05) is 17.8 Å². The molecule has 6 nitrogen and oxygen atoms in total. The van der Waals surface area contributed by atoms with E-state index < -0.39 is 12.1 Å². The highest BCUT2D eigenvalue weighted by Crippen LogP contribution is 2.22. The molecule has 0 aliphatic carbocycles. The van der Waals surface area contributed by atoms with Gasteiger partial charge < -0.3 is 20.8 Å². The maximum atomic E-state index is 11.8. The summed E-state index contributed by atoms with van der Waals surface area (Å²) in [6, 6.07) is 5.32. The molecule has 0 fully saturated rings. The molecule has 2 rings (SSSR count). The van der Waals surface area contributed by atoms with Crippen molar-refractivity contribution in [2.75, 3.05) is 18.4 Å². The van der Waals surface area contributed by atoms with E-state index in [2.05, 4.69) is 10.6 Å². The number of nitrogens with one attached hydrogen (secondary N) is 2. The van der Waals surface area contributed by atoms with Gasteiger partial charge in [-0.1, -0.05) is 0 Å². The molecule has 1 aliphatic rings. The number of aliphatic hydroxyl groups excluding tert-OH is 1. The molecule has 1 aliphatic heterocycles. The number of aliphatic carboxylic acids is 1. The third kappa shape index (κ3) is 3.23. The molecule has 0 saturated carbocycles. The summed E-state index contributed by atoms with van der Waals surface area (Å²) in [4.78, 5) is 22.3. The van der Waals surface area contributed by atoms with Crippen molar-refractivity contribution in [1.29, 1.82) is 0 Å². The molecule has 0 aromatic heterocycles. The van der Waals surface area contributed by atoms with Gasteiger partial charge in [0.1, 0.15) is 0 Å². The summed E-state index contributed by atoms with van der Waals surface area (Å²) in [6.07, 6.45) is 0.361. The second kappa shape index (κ2) is 5.71. The lowest BCUT2D eigenvalue weighted by Crippen LogP contribution is -2.36. The normalized spacial score (nSPS) is 15.0. The predicted octanol–water partition coefficient (Wildman–Crippen LogP) is 0.220. The van der Waals surface area contributed by atoms with Crippen molar-refractivity contribution < 1.29 is 19.8 Å². The largest absolute Gasteiger partial charge is 0.479 e. The third-order valence-electron chi connectivity index (χ3n) is 3.05. The molecule has 1 aromatic rings. The van der Waals surface area contributed by atoms with Gasteiger partial charge in [0.25, 0.3) is 5.91 Å². The summed E-state index contributed by atoms with van der Waals surface area (Å²) in [7, 11) is 0. The molecule has 6 heteroatoms. The number of carbonyl (C=O) groups excluding carboxylic acids is 1. The van der Waals surface area contributed by atoms with Crippen LogP contribution in [0.4, 0.5) is 5.69 Å². The Kier molecular flexibility index (Phi) is 4.01. The number of fused-ring (bicyclic) bond motifs is 1. The number of aliphatic hydroxyl groups is 1. The van der Waals surface area contributed by atoms with Crippen LogP contribution in [0.15, 0.2) is 18.2 Å². The Balaban J connectivity index is 2.01. The fourth-order valence-electron chi connectivity index (χ4n) is 1.99. The standard InChI is InChI=1S/C13H16N2O4/c16-11(13(18)19)7-15-12(17)9-3-4-10-8(6-9)2-1-5-14-10/h3-4,6,11,14,16H,1-2,5,7H2,(H,15,17)(H,18,19)/t11-/m0/s1. The number of amides is 1. The van der Waals surface area contributed by atoms with Crippen LogP contribution in [0.5, 0.6) is 0 Å². The minimum atomic E-state index is -1.58. The smallest absolute Gasteiger partial charge is 0.334 e. The van der Waals surface area contributed by atoms with Gasteiger partial charge in [-0.05, 0) is 36.6 Å². The summed E-state index contributed by atoms with van der Waals surface area (Å²) in [5, 5.41) is 23.2. The van der Waals surface area contributed by atoms with Crippen LogP contribution in [0.3, 0.4) is 0 Å². The van der Waals surface area contributed by atoms with Crippen molar-refractivity contribution in [2.45, 2.75) is 18.9 Å². The van der Waals surface area contributed by atoms with Crippen molar-refractivity contribution in [3.05, 3.63) is 29.3 Å². The number of aryl methyl sites for hydroxylation is 1. The Morgan fingerprint density at radius 1 is 1.42 bits per heavy atom. The molecule has 0 spiro atoms. The first-order valence-electron chi connectivity index (χ1n) is 6.14. The maximum absolute atomic E-state index is 11.8. The summed E-state index contributed by atoms with van der Waals surface area (Å²) in [6.45, 7) is 0.632. The molecule has 0 radical (unpaired) electrons. The van der Waals surface area contributed by atoms with Gasteiger partial charge in [-0.25, -0.2) is 4.79 Å². The predicted molar refractivity (Wildman–Crippen MR) is 69.2 cm³/mol. The zero-order chi connectivity index (χ0) is 13.8. The second-order valence-corrected chi connectivity index (χ2v) is 4.47. The molecular weight excluding hydrogens is 248 g/mol. The van der Waals surface area contributed by atoms with E-state index in [1.54, 1.807) is 12.1 Å². The molecule has 0 saturated heterocycles. The third-order valence-corrected chi connectivity index (χ3v) is 3.05. The first-order chi connectivity index (χ1) is 9.08. The van der Waals surface area contributed by atoms with Gasteiger partial charge in [0.2, 0.25) is 0 Å². The second-order valence-electron chi connectivity index (χ2n) is 4.47. The average molecular weight is 264 g/mol. The van der Waals surface area contributed by atoms with Crippen LogP contribution in [0.25, 0.3) is 0 Å². The van der Waals surface area contributed by atoms with Crippen molar-refractivity contribution in [1.82, 2.24) is 5.32 Å². The van der Waals surface area contributed by atoms with Crippen LogP contribution in [0.2, 0.25) is 0 Å². The Morgan fingerprint density at radius 3 is 2.95 bits per heavy atom. The van der Waals surface area contributed by atoms with Crippen LogP contribution in [-0.2, 0) is 11.2 Å². The summed E-state index contributed by atoms with van der Waals surface area (Å²) in [5.74, 6) is -1.73. The first kappa shape index (κ1) is 13.4. The zero-order valence-electron chi connectivity index (χ0n) is 10.3. The number of hydrogen-bond acceptors (Lipinski definition) is 4. The number of carbonyl (C=O) groups is 2. The lowest BCUT2D eigenvalue weighted by atomic mass is 10.0. The first-order valence-corrected chi connectivity index (χ1v) is 6.14. The minimum absolute atomic E-state index is 0.302. The monoisotopic (exact) mass is 264 g/mol. The fourth-order valence-corrected chi connectivity index (χ4v) is 1.99. The van der Waals surface area contributed by atoms with Crippen LogP contribution in [-0.4, -0.2) is 41.3 Å². The van der Waals surface area contributed by atoms with E-state index in [0.29, 0.717) is 5.56 Å². The molecule has 1 amide bonds. The van der Waals surface area contributed by atoms with Gasteiger partial charge in [0.05, 0.1) is 6.54 Å². The number of benzene rings is 1. The molecule has 1 aromatic carbocycles. The van der Waals surface area contributed by atoms with Gasteiger partial charge >= 0.3 is 5.97 Å². The Hall–Kier alpha value is -2.08. The Bertz CT molecular complexity index is 501. The topological polar surface area (TPSA) is 98.7 Å². The van der Waals surface area contributed by atoms with Crippen molar-refractivity contribution in [2.24, 2.45) is 0 Å². The average Bonchev–Trinajstić information content (AvgIpc) is 2.43. The van der Waals surface area contributed by atoms with Gasteiger partial charge in [-0.3, -0.25) is 4.79 Å². The Morgan fingerprint density at radius 2 is 2.21 bits per heavy atom. The van der Waals surface area contributed by atoms with Gasteiger partial charge in [-0.15, -0.1) is 0 Å². The highest BCUT2D eigenvalue weighted by atomic mass is 16.4. The number of anilines is 1.